The summed E-state index contributed by atoms with van der Waals surface area (Å²) in [5.74, 6) is 0.248. The minimum Gasteiger partial charge on any atom is -0.481 e. The quantitative estimate of drug-likeness (QED) is 0.227. The number of hydrogen-bond acceptors (Lipinski definition) is 6. The fraction of sp³-hybridized carbons (Fsp3) is 0.361. The Kier molecular flexibility index (Phi) is 9.76. The largest absolute Gasteiger partial charge is 0.481 e. The van der Waals surface area contributed by atoms with E-state index < -0.39 is 23.0 Å². The normalized spacial score (nSPS) is 20.5. The van der Waals surface area contributed by atoms with Gasteiger partial charge in [-0.25, -0.2) is 9.38 Å². The van der Waals surface area contributed by atoms with Crippen molar-refractivity contribution < 1.29 is 19.1 Å². The average molecular weight is 642 g/mol. The Bertz CT molecular complexity index is 1850. The molecule has 2 bridgehead atoms. The summed E-state index contributed by atoms with van der Waals surface area (Å²) in [5, 5.41) is 10.3. The SMILES string of the molecule is CN=C1N=C(N)[C@@](C)(c2cccc(CC(=O)O)c2)CCCC(C)(C)CSCCc2c(c(F)cc3[nH]ccc23)C(=O)c2ccnc1c2. The number of H-pyrrole nitrogens is 1. The number of fused-ring (bicyclic) bond motifs is 5. The number of aliphatic carboxylic acids is 1. The van der Waals surface area contributed by atoms with Gasteiger partial charge < -0.3 is 15.8 Å². The van der Waals surface area contributed by atoms with Crippen LogP contribution in [0.1, 0.15) is 78.3 Å². The summed E-state index contributed by atoms with van der Waals surface area (Å²) in [6.45, 7) is 6.50. The number of aromatic amines is 1. The molecule has 8 nitrogen and oxygen atoms in total. The number of pyridine rings is 1. The van der Waals surface area contributed by atoms with Crippen LogP contribution in [0.5, 0.6) is 0 Å². The number of halogens is 1. The van der Waals surface area contributed by atoms with Gasteiger partial charge in [-0.1, -0.05) is 44.5 Å². The van der Waals surface area contributed by atoms with E-state index in [0.717, 1.165) is 35.3 Å². The first kappa shape index (κ1) is 33.1. The van der Waals surface area contributed by atoms with Gasteiger partial charge >= 0.3 is 5.97 Å². The van der Waals surface area contributed by atoms with Gasteiger partial charge in [-0.3, -0.25) is 19.6 Å². The molecule has 1 aliphatic heterocycles. The monoisotopic (exact) mass is 641 g/mol. The molecule has 2 aromatic heterocycles. The number of carboxylic acid groups (broad SMARTS) is 1. The number of carbonyl (C=O) groups excluding carboxylic acids is 1. The number of rotatable bonds is 3. The molecule has 10 heteroatoms. The summed E-state index contributed by atoms with van der Waals surface area (Å²) in [7, 11) is 1.58. The van der Waals surface area contributed by atoms with Gasteiger partial charge in [-0.2, -0.15) is 11.8 Å². The molecule has 0 aliphatic carbocycles. The van der Waals surface area contributed by atoms with E-state index in [-0.39, 0.29) is 28.8 Å². The first-order valence-electron chi connectivity index (χ1n) is 15.4. The number of carbonyl (C=O) groups is 2. The lowest BCUT2D eigenvalue weighted by molar-refractivity contribution is -0.136. The molecule has 4 N–H and O–H groups in total. The number of amidine groups is 2. The minimum atomic E-state index is -0.908. The van der Waals surface area contributed by atoms with Gasteiger partial charge in [0.2, 0.25) is 0 Å². The molecule has 2 aromatic carbocycles. The van der Waals surface area contributed by atoms with Crippen molar-refractivity contribution in [2.24, 2.45) is 21.1 Å². The number of nitrogens with zero attached hydrogens (tertiary/aromatic N) is 3. The van der Waals surface area contributed by atoms with E-state index in [4.69, 9.17) is 10.7 Å². The maximum atomic E-state index is 15.7. The first-order chi connectivity index (χ1) is 21.9. The number of carboxylic acids is 1. The summed E-state index contributed by atoms with van der Waals surface area (Å²) in [6.07, 6.45) is 6.15. The van der Waals surface area contributed by atoms with Crippen molar-refractivity contribution in [2.75, 3.05) is 18.6 Å². The lowest BCUT2D eigenvalue weighted by atomic mass is 9.75. The van der Waals surface area contributed by atoms with Crippen molar-refractivity contribution in [3.8, 4) is 0 Å². The van der Waals surface area contributed by atoms with Crippen LogP contribution >= 0.6 is 11.8 Å². The lowest BCUT2D eigenvalue weighted by Gasteiger charge is -2.32. The third kappa shape index (κ3) is 7.07. The van der Waals surface area contributed by atoms with Crippen LogP contribution in [0, 0.1) is 11.2 Å². The van der Waals surface area contributed by atoms with Crippen molar-refractivity contribution in [3.05, 3.63) is 100 Å². The van der Waals surface area contributed by atoms with E-state index in [0.29, 0.717) is 41.0 Å². The molecule has 4 aromatic rings. The van der Waals surface area contributed by atoms with Crippen molar-refractivity contribution in [1.29, 1.82) is 0 Å². The van der Waals surface area contributed by atoms with Gasteiger partial charge in [0.15, 0.2) is 11.6 Å². The lowest BCUT2D eigenvalue weighted by Crippen LogP contribution is -2.40. The standard InChI is InChI=1S/C36H40FN5O3S/c1-35(2)12-6-13-36(3,24-8-5-7-22(17-24)18-30(43)44)34(38)42-33(39-4)29-19-23(9-14-41-29)32(45)31-26(11-16-46-21-35)25-10-15-40-28(25)20-27(31)37/h5,7-10,14-15,17,19-20,40H,6,11-13,16,18,21H2,1-4H3,(H,43,44)(H2,38,39,42)/t36-/m1/s1. The van der Waals surface area contributed by atoms with E-state index >= 15 is 4.39 Å². The highest BCUT2D eigenvalue weighted by molar-refractivity contribution is 7.99. The molecule has 240 valence electrons. The fourth-order valence-corrected chi connectivity index (χ4v) is 7.37. The van der Waals surface area contributed by atoms with Gasteiger partial charge in [-0.15, -0.1) is 0 Å². The number of aryl methyl sites for hydroxylation is 1. The second-order valence-electron chi connectivity index (χ2n) is 12.9. The Morgan fingerprint density at radius 3 is 2.72 bits per heavy atom. The van der Waals surface area contributed by atoms with E-state index in [9.17, 15) is 14.7 Å². The van der Waals surface area contributed by atoms with E-state index in [1.165, 1.54) is 12.3 Å². The van der Waals surface area contributed by atoms with Crippen molar-refractivity contribution in [2.45, 2.75) is 58.3 Å². The number of aliphatic imine (C=N–C) groups is 2. The zero-order chi connectivity index (χ0) is 33.1. The van der Waals surface area contributed by atoms with Crippen LogP contribution in [0.15, 0.2) is 70.9 Å². The van der Waals surface area contributed by atoms with Crippen LogP contribution in [0.3, 0.4) is 0 Å². The second kappa shape index (κ2) is 13.6. The topological polar surface area (TPSA) is 134 Å². The van der Waals surface area contributed by atoms with Crippen LogP contribution in [-0.2, 0) is 23.1 Å². The molecule has 0 saturated carbocycles. The van der Waals surface area contributed by atoms with Crippen LogP contribution < -0.4 is 5.73 Å². The Labute approximate surface area is 272 Å². The molecule has 0 saturated heterocycles. The smallest absolute Gasteiger partial charge is 0.307 e. The minimum absolute atomic E-state index is 0.00450. The van der Waals surface area contributed by atoms with E-state index in [1.54, 1.807) is 43.2 Å². The summed E-state index contributed by atoms with van der Waals surface area (Å²) in [6, 6.07) is 13.9. The highest BCUT2D eigenvalue weighted by Crippen LogP contribution is 2.36. The highest BCUT2D eigenvalue weighted by Gasteiger charge is 2.33. The number of nitrogens with two attached hydrogens (primary N) is 1. The molecule has 0 spiro atoms. The van der Waals surface area contributed by atoms with Gasteiger partial charge in [-0.05, 0) is 84.1 Å². The summed E-state index contributed by atoms with van der Waals surface area (Å²) in [5.41, 5.74) is 9.67. The van der Waals surface area contributed by atoms with Gasteiger partial charge in [0.05, 0.1) is 12.0 Å². The summed E-state index contributed by atoms with van der Waals surface area (Å²) in [4.78, 5) is 42.2. The van der Waals surface area contributed by atoms with Crippen LogP contribution in [-0.4, -0.2) is 57.1 Å². The molecule has 0 radical (unpaired) electrons. The molecule has 0 fully saturated rings. The van der Waals surface area contributed by atoms with Gasteiger partial charge in [0.1, 0.15) is 17.3 Å². The van der Waals surface area contributed by atoms with E-state index in [2.05, 4.69) is 28.8 Å². The molecular weight excluding hydrogens is 601 g/mol. The number of thioether (sulfide) groups is 1. The van der Waals surface area contributed by atoms with Crippen LogP contribution in [0.2, 0.25) is 0 Å². The van der Waals surface area contributed by atoms with Crippen LogP contribution in [0.25, 0.3) is 10.9 Å². The molecule has 0 unspecified atom stereocenters. The zero-order valence-electron chi connectivity index (χ0n) is 26.7. The maximum absolute atomic E-state index is 15.7. The van der Waals surface area contributed by atoms with Crippen molar-refractivity contribution >= 4 is 46.1 Å². The Morgan fingerprint density at radius 2 is 1.96 bits per heavy atom. The molecule has 46 heavy (non-hydrogen) atoms. The average Bonchev–Trinajstić information content (AvgIpc) is 3.49. The maximum Gasteiger partial charge on any atom is 0.307 e. The third-order valence-corrected chi connectivity index (χ3v) is 10.3. The number of hydrogen-bond donors (Lipinski definition) is 3. The van der Waals surface area contributed by atoms with Crippen molar-refractivity contribution in [1.82, 2.24) is 9.97 Å². The molecular formula is C36H40FN5O3S. The summed E-state index contributed by atoms with van der Waals surface area (Å²) < 4.78 is 15.7. The molecule has 0 amide bonds. The Hall–Kier alpha value is -4.31. The molecule has 5 rings (SSSR count). The first-order valence-corrected chi connectivity index (χ1v) is 16.6. The number of benzene rings is 2. The van der Waals surface area contributed by atoms with Gasteiger partial charge in [0, 0.05) is 41.3 Å². The molecule has 3 heterocycles. The van der Waals surface area contributed by atoms with E-state index in [1.807, 2.05) is 31.2 Å². The number of nitrogens with one attached hydrogen (secondary N) is 1. The highest BCUT2D eigenvalue weighted by atomic mass is 32.2. The number of aromatic nitrogens is 2. The number of ketones is 1. The Balaban J connectivity index is 1.63. The third-order valence-electron chi connectivity index (χ3n) is 8.84. The molecule has 1 atom stereocenters. The van der Waals surface area contributed by atoms with Gasteiger partial charge in [0.25, 0.3) is 0 Å². The predicted octanol–water partition coefficient (Wildman–Crippen LogP) is 6.74. The van der Waals surface area contributed by atoms with Crippen LogP contribution in [0.4, 0.5) is 4.39 Å². The zero-order valence-corrected chi connectivity index (χ0v) is 27.5. The predicted molar refractivity (Wildman–Crippen MR) is 184 cm³/mol. The fourth-order valence-electron chi connectivity index (χ4n) is 6.18. The summed E-state index contributed by atoms with van der Waals surface area (Å²) >= 11 is 1.80. The second-order valence-corrected chi connectivity index (χ2v) is 14.0. The van der Waals surface area contributed by atoms with Crippen molar-refractivity contribution in [3.63, 3.8) is 0 Å². The Morgan fingerprint density at radius 1 is 1.15 bits per heavy atom. The molecule has 1 aliphatic rings.